The molecule has 2 rings (SSSR count). The molecule has 0 amide bonds. The normalized spacial score (nSPS) is 20.5. The number of halogens is 2. The summed E-state index contributed by atoms with van der Waals surface area (Å²) in [5.74, 6) is 0.699. The van der Waals surface area contributed by atoms with E-state index in [1.165, 1.54) is 46.3 Å². The molecular formula is C12H16BrClS. The molecule has 0 spiro atoms. The predicted molar refractivity (Wildman–Crippen MR) is 71.9 cm³/mol. The number of alkyl halides is 1. The Balaban J connectivity index is 2.08. The lowest BCUT2D eigenvalue weighted by Gasteiger charge is -2.25. The first-order chi connectivity index (χ1) is 7.18. The number of rotatable bonds is 2. The Bertz CT molecular complexity index is 309. The van der Waals surface area contributed by atoms with Crippen LogP contribution in [0.25, 0.3) is 0 Å². The summed E-state index contributed by atoms with van der Waals surface area (Å²) in [6.07, 6.45) is 6.73. The number of hydrogen-bond acceptors (Lipinski definition) is 1. The van der Waals surface area contributed by atoms with E-state index < -0.39 is 0 Å². The molecular weight excluding hydrogens is 292 g/mol. The van der Waals surface area contributed by atoms with Crippen LogP contribution in [-0.2, 0) is 0 Å². The van der Waals surface area contributed by atoms with E-state index in [1.807, 2.05) is 0 Å². The largest absolute Gasteiger partial charge is 0.131 e. The third kappa shape index (κ3) is 2.78. The third-order valence-electron chi connectivity index (χ3n) is 3.21. The van der Waals surface area contributed by atoms with E-state index >= 15 is 0 Å². The van der Waals surface area contributed by atoms with E-state index in [0.29, 0.717) is 5.92 Å². The van der Waals surface area contributed by atoms with Crippen molar-refractivity contribution in [3.05, 3.63) is 20.3 Å². The Hall–Kier alpha value is 0.470. The molecule has 1 saturated carbocycles. The quantitative estimate of drug-likeness (QED) is 0.617. The van der Waals surface area contributed by atoms with Crippen LogP contribution in [0.3, 0.4) is 0 Å². The minimum Gasteiger partial charge on any atom is -0.131 e. The zero-order chi connectivity index (χ0) is 10.8. The average Bonchev–Trinajstić information content (AvgIpc) is 2.59. The molecule has 0 bridgehead atoms. The first kappa shape index (κ1) is 11.9. The van der Waals surface area contributed by atoms with E-state index in [4.69, 9.17) is 11.6 Å². The van der Waals surface area contributed by atoms with Gasteiger partial charge in [-0.25, -0.2) is 0 Å². The average molecular weight is 308 g/mol. The summed E-state index contributed by atoms with van der Waals surface area (Å²) in [4.78, 5) is 1.34. The van der Waals surface area contributed by atoms with E-state index in [0.717, 1.165) is 0 Å². The van der Waals surface area contributed by atoms with Crippen molar-refractivity contribution in [3.63, 3.8) is 0 Å². The first-order valence-corrected chi connectivity index (χ1v) is 7.63. The smallest absolute Gasteiger partial charge is 0.0731 e. The summed E-state index contributed by atoms with van der Waals surface area (Å²) in [6.45, 7) is 2.13. The van der Waals surface area contributed by atoms with Gasteiger partial charge in [0.2, 0.25) is 0 Å². The second kappa shape index (κ2) is 5.20. The maximum Gasteiger partial charge on any atom is 0.0731 e. The molecule has 15 heavy (non-hydrogen) atoms. The van der Waals surface area contributed by atoms with Crippen molar-refractivity contribution in [1.29, 1.82) is 0 Å². The highest BCUT2D eigenvalue weighted by molar-refractivity contribution is 9.11. The molecule has 1 fully saturated rings. The van der Waals surface area contributed by atoms with E-state index in [1.54, 1.807) is 11.3 Å². The van der Waals surface area contributed by atoms with Crippen LogP contribution in [0.15, 0.2) is 9.85 Å². The fraction of sp³-hybridized carbons (Fsp3) is 0.667. The van der Waals surface area contributed by atoms with Crippen molar-refractivity contribution in [3.8, 4) is 0 Å². The fourth-order valence-electron chi connectivity index (χ4n) is 2.28. The van der Waals surface area contributed by atoms with Gasteiger partial charge in [0.15, 0.2) is 0 Å². The standard InChI is InChI=1S/C12H16BrClS/c1-8-7-10(15-12(8)13)11(14)9-5-3-2-4-6-9/h7,9,11H,2-6H2,1H3. The summed E-state index contributed by atoms with van der Waals surface area (Å²) in [7, 11) is 0. The first-order valence-electron chi connectivity index (χ1n) is 5.58. The summed E-state index contributed by atoms with van der Waals surface area (Å²) in [6, 6.07) is 2.24. The molecule has 1 aliphatic rings. The monoisotopic (exact) mass is 306 g/mol. The van der Waals surface area contributed by atoms with Gasteiger partial charge >= 0.3 is 0 Å². The van der Waals surface area contributed by atoms with Crippen molar-refractivity contribution in [2.45, 2.75) is 44.4 Å². The summed E-state index contributed by atoms with van der Waals surface area (Å²) >= 11 is 11.9. The second-order valence-corrected chi connectivity index (χ2v) is 7.28. The minimum absolute atomic E-state index is 0.236. The Kier molecular flexibility index (Phi) is 4.14. The lowest BCUT2D eigenvalue weighted by Crippen LogP contribution is -2.11. The molecule has 0 N–H and O–H groups in total. The molecule has 0 radical (unpaired) electrons. The van der Waals surface area contributed by atoms with Crippen molar-refractivity contribution >= 4 is 38.9 Å². The topological polar surface area (TPSA) is 0 Å². The zero-order valence-electron chi connectivity index (χ0n) is 8.93. The van der Waals surface area contributed by atoms with Gasteiger partial charge < -0.3 is 0 Å². The maximum absolute atomic E-state index is 6.56. The summed E-state index contributed by atoms with van der Waals surface area (Å²) in [5.41, 5.74) is 1.32. The Labute approximate surface area is 109 Å². The number of hydrogen-bond donors (Lipinski definition) is 0. The van der Waals surface area contributed by atoms with Crippen LogP contribution in [0.4, 0.5) is 0 Å². The molecule has 1 aliphatic carbocycles. The molecule has 0 saturated heterocycles. The molecule has 1 heterocycles. The summed E-state index contributed by atoms with van der Waals surface area (Å²) < 4.78 is 1.24. The van der Waals surface area contributed by atoms with E-state index in [-0.39, 0.29) is 5.38 Å². The summed E-state index contributed by atoms with van der Waals surface area (Å²) in [5, 5.41) is 0.236. The van der Waals surface area contributed by atoms with Crippen LogP contribution < -0.4 is 0 Å². The van der Waals surface area contributed by atoms with Gasteiger partial charge in [0, 0.05) is 4.88 Å². The van der Waals surface area contributed by atoms with Crippen molar-refractivity contribution in [2.24, 2.45) is 5.92 Å². The molecule has 0 aromatic carbocycles. The van der Waals surface area contributed by atoms with Gasteiger partial charge in [-0.3, -0.25) is 0 Å². The van der Waals surface area contributed by atoms with Crippen LogP contribution in [0.5, 0.6) is 0 Å². The van der Waals surface area contributed by atoms with Crippen molar-refractivity contribution in [2.75, 3.05) is 0 Å². The van der Waals surface area contributed by atoms with Gasteiger partial charge in [-0.1, -0.05) is 19.3 Å². The second-order valence-electron chi connectivity index (χ2n) is 4.41. The molecule has 1 atom stereocenters. The Morgan fingerprint density at radius 2 is 2.07 bits per heavy atom. The van der Waals surface area contributed by atoms with Crippen LogP contribution in [0, 0.1) is 12.8 Å². The predicted octanol–water partition coefficient (Wildman–Crippen LogP) is 5.68. The van der Waals surface area contributed by atoms with Crippen LogP contribution >= 0.6 is 38.9 Å². The maximum atomic E-state index is 6.56. The molecule has 1 unspecified atom stereocenters. The fourth-order valence-corrected chi connectivity index (χ4v) is 4.37. The van der Waals surface area contributed by atoms with Gasteiger partial charge in [0.05, 0.1) is 9.16 Å². The highest BCUT2D eigenvalue weighted by Crippen LogP contribution is 2.43. The molecule has 3 heteroatoms. The SMILES string of the molecule is Cc1cc(C(Cl)C2CCCCC2)sc1Br. The van der Waals surface area contributed by atoms with Gasteiger partial charge in [-0.15, -0.1) is 22.9 Å². The highest BCUT2D eigenvalue weighted by Gasteiger charge is 2.24. The van der Waals surface area contributed by atoms with E-state index in [2.05, 4.69) is 28.9 Å². The Morgan fingerprint density at radius 1 is 1.40 bits per heavy atom. The van der Waals surface area contributed by atoms with Gasteiger partial charge in [-0.2, -0.15) is 0 Å². The van der Waals surface area contributed by atoms with Crippen molar-refractivity contribution < 1.29 is 0 Å². The van der Waals surface area contributed by atoms with Crippen LogP contribution in [0.2, 0.25) is 0 Å². The molecule has 0 aliphatic heterocycles. The zero-order valence-corrected chi connectivity index (χ0v) is 12.1. The molecule has 0 nitrogen and oxygen atoms in total. The third-order valence-corrected chi connectivity index (χ3v) is 6.15. The van der Waals surface area contributed by atoms with Crippen LogP contribution in [-0.4, -0.2) is 0 Å². The highest BCUT2D eigenvalue weighted by atomic mass is 79.9. The molecule has 1 aromatic rings. The minimum atomic E-state index is 0.236. The lowest BCUT2D eigenvalue weighted by atomic mass is 9.86. The molecule has 84 valence electrons. The molecule has 1 aromatic heterocycles. The number of aryl methyl sites for hydroxylation is 1. The lowest BCUT2D eigenvalue weighted by molar-refractivity contribution is 0.350. The van der Waals surface area contributed by atoms with Gasteiger partial charge in [0.1, 0.15) is 0 Å². The van der Waals surface area contributed by atoms with Gasteiger partial charge in [-0.05, 0) is 53.2 Å². The number of thiophene rings is 1. The Morgan fingerprint density at radius 3 is 2.60 bits per heavy atom. The van der Waals surface area contributed by atoms with Gasteiger partial charge in [0.25, 0.3) is 0 Å². The van der Waals surface area contributed by atoms with E-state index in [9.17, 15) is 0 Å². The van der Waals surface area contributed by atoms with Crippen molar-refractivity contribution in [1.82, 2.24) is 0 Å². The van der Waals surface area contributed by atoms with Crippen LogP contribution in [0.1, 0.15) is 47.9 Å².